The van der Waals surface area contributed by atoms with Gasteiger partial charge in [-0.3, -0.25) is 4.79 Å². The molecular weight excluding hydrogens is 368 g/mol. The van der Waals surface area contributed by atoms with E-state index < -0.39 is 9.84 Å². The molecule has 1 aromatic rings. The molecule has 1 amide bonds. The van der Waals surface area contributed by atoms with Gasteiger partial charge in [0.1, 0.15) is 0 Å². The summed E-state index contributed by atoms with van der Waals surface area (Å²) in [5.74, 6) is 1.57. The third-order valence-corrected chi connectivity index (χ3v) is 9.61. The first-order valence-electron chi connectivity index (χ1n) is 9.34. The van der Waals surface area contributed by atoms with Crippen LogP contribution in [-0.4, -0.2) is 53.2 Å². The maximum absolute atomic E-state index is 12.6. The molecule has 7 heteroatoms. The van der Waals surface area contributed by atoms with Crippen molar-refractivity contribution in [3.63, 3.8) is 0 Å². The van der Waals surface area contributed by atoms with Crippen LogP contribution in [0.15, 0.2) is 35.3 Å². The van der Waals surface area contributed by atoms with E-state index >= 15 is 0 Å². The molecule has 0 spiro atoms. The fourth-order valence-electron chi connectivity index (χ4n) is 5.26. The van der Waals surface area contributed by atoms with Crippen LogP contribution in [-0.2, 0) is 9.84 Å². The van der Waals surface area contributed by atoms with Crippen molar-refractivity contribution in [1.29, 1.82) is 0 Å². The Hall–Kier alpha value is -1.34. The molecule has 5 atom stereocenters. The van der Waals surface area contributed by atoms with Gasteiger partial charge in [-0.1, -0.05) is 36.4 Å². The molecule has 2 bridgehead atoms. The summed E-state index contributed by atoms with van der Waals surface area (Å²) in [7, 11) is -2.99. The number of carbonyl (C=O) groups excluding carboxylic acids is 1. The molecule has 2 saturated heterocycles. The summed E-state index contributed by atoms with van der Waals surface area (Å²) in [5.41, 5.74) is 0.582. The average Bonchev–Trinajstić information content (AvgIpc) is 3.35. The highest BCUT2D eigenvalue weighted by Gasteiger charge is 2.54. The van der Waals surface area contributed by atoms with E-state index in [0.717, 1.165) is 17.5 Å². The van der Waals surface area contributed by atoms with Crippen LogP contribution in [0.1, 0.15) is 36.0 Å². The van der Waals surface area contributed by atoms with Crippen LogP contribution in [0.2, 0.25) is 0 Å². The van der Waals surface area contributed by atoms with Gasteiger partial charge in [-0.15, -0.1) is 0 Å². The predicted molar refractivity (Wildman–Crippen MR) is 103 cm³/mol. The summed E-state index contributed by atoms with van der Waals surface area (Å²) < 4.78 is 24.3. The SMILES string of the molecule is O=C(N=C1S[C@@H]2CS(=O)(=O)C[C@@H]2N1[C@@H]1C[C@@H]2CC[C@@H]1C2)c1ccccc1. The van der Waals surface area contributed by atoms with Gasteiger partial charge in [0.05, 0.1) is 17.5 Å². The van der Waals surface area contributed by atoms with Crippen molar-refractivity contribution < 1.29 is 13.2 Å². The Morgan fingerprint density at radius 3 is 2.58 bits per heavy atom. The van der Waals surface area contributed by atoms with Gasteiger partial charge >= 0.3 is 0 Å². The first-order chi connectivity index (χ1) is 12.5. The molecule has 2 saturated carbocycles. The van der Waals surface area contributed by atoms with Crippen molar-refractivity contribution in [3.8, 4) is 0 Å². The van der Waals surface area contributed by atoms with Crippen molar-refractivity contribution in [2.45, 2.75) is 43.0 Å². The number of thioether (sulfide) groups is 1. The predicted octanol–water partition coefficient (Wildman–Crippen LogP) is 2.59. The van der Waals surface area contributed by atoms with E-state index in [2.05, 4.69) is 9.89 Å². The molecule has 1 aromatic carbocycles. The molecule has 0 unspecified atom stereocenters. The molecule has 138 valence electrons. The smallest absolute Gasteiger partial charge is 0.279 e. The van der Waals surface area contributed by atoms with Crippen molar-refractivity contribution in [2.24, 2.45) is 16.8 Å². The van der Waals surface area contributed by atoms with Crippen LogP contribution >= 0.6 is 11.8 Å². The number of sulfone groups is 1. The molecule has 5 nitrogen and oxygen atoms in total. The Morgan fingerprint density at radius 1 is 1.08 bits per heavy atom. The van der Waals surface area contributed by atoms with Crippen molar-refractivity contribution in [3.05, 3.63) is 35.9 Å². The van der Waals surface area contributed by atoms with Crippen LogP contribution < -0.4 is 0 Å². The number of amides is 1. The monoisotopic (exact) mass is 390 g/mol. The lowest BCUT2D eigenvalue weighted by Crippen LogP contribution is -2.47. The molecule has 2 aliphatic carbocycles. The number of nitrogens with zero attached hydrogens (tertiary/aromatic N) is 2. The van der Waals surface area contributed by atoms with Crippen molar-refractivity contribution in [2.75, 3.05) is 11.5 Å². The van der Waals surface area contributed by atoms with Gasteiger partial charge in [0.2, 0.25) is 0 Å². The van der Waals surface area contributed by atoms with Crippen LogP contribution in [0.25, 0.3) is 0 Å². The summed E-state index contributed by atoms with van der Waals surface area (Å²) in [4.78, 5) is 19.3. The maximum atomic E-state index is 12.6. The van der Waals surface area contributed by atoms with E-state index in [0.29, 0.717) is 17.5 Å². The fraction of sp³-hybridized carbons (Fsp3) is 0.579. The Labute approximate surface area is 158 Å². The maximum Gasteiger partial charge on any atom is 0.279 e. The van der Waals surface area contributed by atoms with Crippen molar-refractivity contribution >= 4 is 32.7 Å². The van der Waals surface area contributed by atoms with Gasteiger partial charge in [-0.2, -0.15) is 4.99 Å². The first-order valence-corrected chi connectivity index (χ1v) is 12.0. The number of hydrogen-bond acceptors (Lipinski definition) is 4. The molecule has 2 aliphatic heterocycles. The highest BCUT2D eigenvalue weighted by Crippen LogP contribution is 2.51. The molecule has 0 radical (unpaired) electrons. The molecule has 5 rings (SSSR count). The Kier molecular flexibility index (Phi) is 3.94. The van der Waals surface area contributed by atoms with Crippen LogP contribution in [0.4, 0.5) is 0 Å². The number of carbonyl (C=O) groups is 1. The van der Waals surface area contributed by atoms with E-state index in [1.165, 1.54) is 31.0 Å². The zero-order valence-corrected chi connectivity index (χ0v) is 16.1. The lowest BCUT2D eigenvalue weighted by molar-refractivity contribution is 0.0999. The summed E-state index contributed by atoms with van der Waals surface area (Å²) in [6.45, 7) is 0. The minimum absolute atomic E-state index is 0.0152. The lowest BCUT2D eigenvalue weighted by atomic mass is 9.93. The topological polar surface area (TPSA) is 66.8 Å². The third kappa shape index (κ3) is 2.80. The summed E-state index contributed by atoms with van der Waals surface area (Å²) in [6.07, 6.45) is 4.88. The molecule has 4 fully saturated rings. The largest absolute Gasteiger partial charge is 0.343 e. The lowest BCUT2D eigenvalue weighted by Gasteiger charge is -2.36. The molecular formula is C19H22N2O3S2. The van der Waals surface area contributed by atoms with Crippen LogP contribution in [0.3, 0.4) is 0 Å². The number of rotatable bonds is 2. The fourth-order valence-corrected chi connectivity index (χ4v) is 9.23. The van der Waals surface area contributed by atoms with E-state index in [-0.39, 0.29) is 28.7 Å². The van der Waals surface area contributed by atoms with Gasteiger partial charge in [-0.05, 0) is 43.2 Å². The first kappa shape index (κ1) is 16.8. The van der Waals surface area contributed by atoms with Gasteiger partial charge < -0.3 is 4.90 Å². The number of hydrogen-bond donors (Lipinski definition) is 0. The second-order valence-corrected chi connectivity index (χ2v) is 11.4. The summed E-state index contributed by atoms with van der Waals surface area (Å²) in [5, 5.41) is 0.766. The highest BCUT2D eigenvalue weighted by molar-refractivity contribution is 8.15. The summed E-state index contributed by atoms with van der Waals surface area (Å²) >= 11 is 1.50. The Morgan fingerprint density at radius 2 is 1.88 bits per heavy atom. The van der Waals surface area contributed by atoms with Gasteiger partial charge in [-0.25, -0.2) is 8.42 Å². The third-order valence-electron chi connectivity index (χ3n) is 6.38. The average molecular weight is 391 g/mol. The number of amidine groups is 1. The second-order valence-electron chi connectivity index (χ2n) is 8.02. The van der Waals surface area contributed by atoms with Crippen molar-refractivity contribution in [1.82, 2.24) is 4.90 Å². The highest BCUT2D eigenvalue weighted by atomic mass is 32.2. The standard InChI is InChI=1S/C19H22N2O3S2/c22-18(13-4-2-1-3-5-13)20-19-21(15-9-12-6-7-14(15)8-12)16-10-26(23,24)11-17(16)25-19/h1-5,12,14-17H,6-11H2/t12-,14-,15-,16+,17-/m1/s1. The number of fused-ring (bicyclic) bond motifs is 3. The number of aliphatic imine (C=N–C) groups is 1. The molecule has 0 aromatic heterocycles. The second kappa shape index (κ2) is 6.09. The minimum Gasteiger partial charge on any atom is -0.343 e. The van der Waals surface area contributed by atoms with Crippen LogP contribution in [0.5, 0.6) is 0 Å². The van der Waals surface area contributed by atoms with Crippen LogP contribution in [0, 0.1) is 11.8 Å². The van der Waals surface area contributed by atoms with Gasteiger partial charge in [0.15, 0.2) is 15.0 Å². The van der Waals surface area contributed by atoms with E-state index in [1.807, 2.05) is 18.2 Å². The van der Waals surface area contributed by atoms with Gasteiger partial charge in [0, 0.05) is 16.9 Å². The molecule has 2 heterocycles. The van der Waals surface area contributed by atoms with E-state index in [4.69, 9.17) is 0 Å². The summed E-state index contributed by atoms with van der Waals surface area (Å²) in [6, 6.07) is 9.45. The normalized spacial score (nSPS) is 38.8. The Bertz CT molecular complexity index is 868. The molecule has 4 aliphatic rings. The van der Waals surface area contributed by atoms with Gasteiger partial charge in [0.25, 0.3) is 5.91 Å². The quantitative estimate of drug-likeness (QED) is 0.776. The Balaban J connectivity index is 1.48. The van der Waals surface area contributed by atoms with E-state index in [1.54, 1.807) is 12.1 Å². The molecule has 0 N–H and O–H groups in total. The zero-order chi connectivity index (χ0) is 17.9. The zero-order valence-electron chi connectivity index (χ0n) is 14.5. The number of benzene rings is 1. The molecule has 26 heavy (non-hydrogen) atoms. The minimum atomic E-state index is -2.99. The van der Waals surface area contributed by atoms with E-state index in [9.17, 15) is 13.2 Å².